The molecular formula is C7H10N2O3. The predicted molar refractivity (Wildman–Crippen MR) is 41.4 cm³/mol. The Morgan fingerprint density at radius 3 is 2.83 bits per heavy atom. The van der Waals surface area contributed by atoms with Crippen molar-refractivity contribution in [2.24, 2.45) is 0 Å². The molecule has 0 saturated carbocycles. The van der Waals surface area contributed by atoms with Gasteiger partial charge in [-0.1, -0.05) is 5.16 Å². The molecule has 5 heteroatoms. The van der Waals surface area contributed by atoms with Gasteiger partial charge in [-0.25, -0.2) is 0 Å². The van der Waals surface area contributed by atoms with Crippen LogP contribution in [-0.2, 0) is 4.79 Å². The first kappa shape index (κ1) is 8.73. The Morgan fingerprint density at radius 2 is 2.42 bits per heavy atom. The predicted octanol–water partition coefficient (Wildman–Crippen LogP) is 0.384. The van der Waals surface area contributed by atoms with Crippen LogP contribution >= 0.6 is 0 Å². The van der Waals surface area contributed by atoms with E-state index in [1.54, 1.807) is 0 Å². The van der Waals surface area contributed by atoms with Crippen LogP contribution in [0.4, 0.5) is 5.82 Å². The Hall–Kier alpha value is -1.36. The van der Waals surface area contributed by atoms with Crippen LogP contribution in [0.25, 0.3) is 0 Å². The van der Waals surface area contributed by atoms with Crippen LogP contribution in [0, 0.1) is 0 Å². The molecule has 66 valence electrons. The second-order valence-electron chi connectivity index (χ2n) is 2.90. The molecule has 5 nitrogen and oxygen atoms in total. The van der Waals surface area contributed by atoms with Crippen molar-refractivity contribution in [3.05, 3.63) is 12.3 Å². The molecule has 0 fully saturated rings. The van der Waals surface area contributed by atoms with Gasteiger partial charge in [0.05, 0.1) is 0 Å². The molecule has 1 aromatic rings. The summed E-state index contributed by atoms with van der Waals surface area (Å²) < 4.78 is 4.48. The van der Waals surface area contributed by atoms with Crippen molar-refractivity contribution in [3.8, 4) is 0 Å². The van der Waals surface area contributed by atoms with Gasteiger partial charge in [0.25, 0.3) is 5.91 Å². The number of hydrogen-bond donors (Lipinski definition) is 2. The third-order valence-corrected chi connectivity index (χ3v) is 1.24. The lowest BCUT2D eigenvalue weighted by atomic mass is 10.1. The molecule has 0 spiro atoms. The zero-order valence-corrected chi connectivity index (χ0v) is 6.87. The Morgan fingerprint density at radius 1 is 1.75 bits per heavy atom. The van der Waals surface area contributed by atoms with Crippen LogP contribution in [0.3, 0.4) is 0 Å². The second kappa shape index (κ2) is 2.94. The van der Waals surface area contributed by atoms with E-state index in [0.717, 1.165) is 0 Å². The Balaban J connectivity index is 2.60. The summed E-state index contributed by atoms with van der Waals surface area (Å²) in [6.07, 6.45) is 1.33. The minimum absolute atomic E-state index is 0.294. The van der Waals surface area contributed by atoms with Gasteiger partial charge >= 0.3 is 0 Å². The average Bonchev–Trinajstić information content (AvgIpc) is 2.37. The van der Waals surface area contributed by atoms with Crippen LogP contribution in [0.2, 0.25) is 0 Å². The van der Waals surface area contributed by atoms with Crippen molar-refractivity contribution in [2.45, 2.75) is 19.4 Å². The highest BCUT2D eigenvalue weighted by Crippen LogP contribution is 2.07. The average molecular weight is 170 g/mol. The number of anilines is 1. The number of rotatable bonds is 2. The first-order chi connectivity index (χ1) is 5.50. The summed E-state index contributed by atoms with van der Waals surface area (Å²) in [5, 5.41) is 15.0. The van der Waals surface area contributed by atoms with Crippen molar-refractivity contribution >= 4 is 11.7 Å². The van der Waals surface area contributed by atoms with Gasteiger partial charge in [-0.15, -0.1) is 0 Å². The molecule has 0 aliphatic rings. The molecule has 0 atom stereocenters. The number of carbonyl (C=O) groups excluding carboxylic acids is 1. The lowest BCUT2D eigenvalue weighted by Crippen LogP contribution is -2.36. The SMILES string of the molecule is CC(C)(O)C(=O)Nc1ccon1. The standard InChI is InChI=1S/C7H10N2O3/c1-7(2,11)6(10)8-5-3-4-12-9-5/h3-4,11H,1-2H3,(H,8,9,10). The van der Waals surface area contributed by atoms with Crippen molar-refractivity contribution in [2.75, 3.05) is 5.32 Å². The summed E-state index contributed by atoms with van der Waals surface area (Å²) in [4.78, 5) is 11.1. The van der Waals surface area contributed by atoms with Gasteiger partial charge in [0, 0.05) is 6.07 Å². The van der Waals surface area contributed by atoms with E-state index in [-0.39, 0.29) is 0 Å². The summed E-state index contributed by atoms with van der Waals surface area (Å²) in [5.74, 6) is -0.224. The highest BCUT2D eigenvalue weighted by atomic mass is 16.5. The van der Waals surface area contributed by atoms with Crippen LogP contribution in [0.1, 0.15) is 13.8 Å². The summed E-state index contributed by atoms with van der Waals surface area (Å²) in [7, 11) is 0. The van der Waals surface area contributed by atoms with E-state index in [4.69, 9.17) is 0 Å². The lowest BCUT2D eigenvalue weighted by Gasteiger charge is -2.14. The topological polar surface area (TPSA) is 75.4 Å². The molecular weight excluding hydrogens is 160 g/mol. The number of aromatic nitrogens is 1. The van der Waals surface area contributed by atoms with E-state index in [1.807, 2.05) is 0 Å². The summed E-state index contributed by atoms with van der Waals surface area (Å²) in [5.41, 5.74) is -1.40. The van der Waals surface area contributed by atoms with Gasteiger partial charge in [0.2, 0.25) is 0 Å². The molecule has 0 aliphatic carbocycles. The van der Waals surface area contributed by atoms with E-state index < -0.39 is 11.5 Å². The van der Waals surface area contributed by atoms with Gasteiger partial charge in [0.15, 0.2) is 5.82 Å². The Kier molecular flexibility index (Phi) is 2.14. The fourth-order valence-corrected chi connectivity index (χ4v) is 0.546. The number of nitrogens with one attached hydrogen (secondary N) is 1. The van der Waals surface area contributed by atoms with Gasteiger partial charge in [-0.3, -0.25) is 4.79 Å². The fourth-order valence-electron chi connectivity index (χ4n) is 0.546. The molecule has 12 heavy (non-hydrogen) atoms. The van der Waals surface area contributed by atoms with E-state index in [9.17, 15) is 9.90 Å². The fraction of sp³-hybridized carbons (Fsp3) is 0.429. The third-order valence-electron chi connectivity index (χ3n) is 1.24. The van der Waals surface area contributed by atoms with Gasteiger partial charge in [0.1, 0.15) is 11.9 Å². The summed E-state index contributed by atoms with van der Waals surface area (Å²) in [6, 6.07) is 1.49. The normalized spacial score (nSPS) is 11.2. The largest absolute Gasteiger partial charge is 0.381 e. The summed E-state index contributed by atoms with van der Waals surface area (Å²) >= 11 is 0. The van der Waals surface area contributed by atoms with Crippen LogP contribution in [0.15, 0.2) is 16.9 Å². The Bertz CT molecular complexity index is 261. The molecule has 1 rings (SSSR count). The molecule has 0 aromatic carbocycles. The monoisotopic (exact) mass is 170 g/mol. The maximum Gasteiger partial charge on any atom is 0.256 e. The molecule has 0 aliphatic heterocycles. The number of aliphatic hydroxyl groups is 1. The molecule has 1 aromatic heterocycles. The van der Waals surface area contributed by atoms with Gasteiger partial charge in [-0.2, -0.15) is 0 Å². The van der Waals surface area contributed by atoms with Crippen molar-refractivity contribution in [3.63, 3.8) is 0 Å². The molecule has 1 heterocycles. The summed E-state index contributed by atoms with van der Waals surface area (Å²) in [6.45, 7) is 2.78. The number of hydrogen-bond acceptors (Lipinski definition) is 4. The highest BCUT2D eigenvalue weighted by Gasteiger charge is 2.24. The lowest BCUT2D eigenvalue weighted by molar-refractivity contribution is -0.130. The maximum absolute atomic E-state index is 11.1. The van der Waals surface area contributed by atoms with Gasteiger partial charge in [-0.05, 0) is 13.8 Å². The maximum atomic E-state index is 11.1. The smallest absolute Gasteiger partial charge is 0.256 e. The van der Waals surface area contributed by atoms with E-state index >= 15 is 0 Å². The highest BCUT2D eigenvalue weighted by molar-refractivity contribution is 5.95. The second-order valence-corrected chi connectivity index (χ2v) is 2.90. The van der Waals surface area contributed by atoms with Gasteiger partial charge < -0.3 is 14.9 Å². The molecule has 1 amide bonds. The van der Waals surface area contributed by atoms with E-state index in [2.05, 4.69) is 15.0 Å². The van der Waals surface area contributed by atoms with Crippen LogP contribution in [0.5, 0.6) is 0 Å². The van der Waals surface area contributed by atoms with Crippen LogP contribution in [-0.4, -0.2) is 21.8 Å². The van der Waals surface area contributed by atoms with Crippen molar-refractivity contribution < 1.29 is 14.4 Å². The minimum atomic E-state index is -1.40. The number of carbonyl (C=O) groups is 1. The van der Waals surface area contributed by atoms with Crippen LogP contribution < -0.4 is 5.32 Å². The molecule has 2 N–H and O–H groups in total. The van der Waals surface area contributed by atoms with Crippen molar-refractivity contribution in [1.29, 1.82) is 0 Å². The number of amides is 1. The molecule has 0 saturated heterocycles. The third kappa shape index (κ3) is 2.06. The Labute approximate surface area is 69.4 Å². The zero-order valence-electron chi connectivity index (χ0n) is 6.87. The first-order valence-corrected chi connectivity index (χ1v) is 3.44. The number of nitrogens with zero attached hydrogens (tertiary/aromatic N) is 1. The quantitative estimate of drug-likeness (QED) is 0.673. The zero-order chi connectivity index (χ0) is 9.19. The van der Waals surface area contributed by atoms with E-state index in [0.29, 0.717) is 5.82 Å². The molecule has 0 unspecified atom stereocenters. The van der Waals surface area contributed by atoms with E-state index in [1.165, 1.54) is 26.2 Å². The minimum Gasteiger partial charge on any atom is -0.381 e. The first-order valence-electron chi connectivity index (χ1n) is 3.44. The molecule has 0 bridgehead atoms. The van der Waals surface area contributed by atoms with Crippen molar-refractivity contribution in [1.82, 2.24) is 5.16 Å². The molecule has 0 radical (unpaired) electrons.